The third-order valence-corrected chi connectivity index (χ3v) is 4.11. The van der Waals surface area contributed by atoms with Crippen molar-refractivity contribution < 1.29 is 13.9 Å². The van der Waals surface area contributed by atoms with Crippen molar-refractivity contribution in [2.24, 2.45) is 0 Å². The second-order valence-corrected chi connectivity index (χ2v) is 6.00. The number of carbonyl (C=O) groups excluding carboxylic acids is 1. The highest BCUT2D eigenvalue weighted by atomic mass is 19.1. The van der Waals surface area contributed by atoms with Crippen LogP contribution in [0.3, 0.4) is 0 Å². The molecule has 0 saturated carbocycles. The lowest BCUT2D eigenvalue weighted by atomic mass is 10.3. The van der Waals surface area contributed by atoms with E-state index in [9.17, 15) is 9.18 Å². The van der Waals surface area contributed by atoms with Gasteiger partial charge in [0, 0.05) is 26.2 Å². The molecule has 3 rings (SSSR count). The fourth-order valence-corrected chi connectivity index (χ4v) is 2.86. The summed E-state index contributed by atoms with van der Waals surface area (Å²) in [6.45, 7) is 5.52. The van der Waals surface area contributed by atoms with Crippen LogP contribution in [-0.2, 0) is 0 Å². The summed E-state index contributed by atoms with van der Waals surface area (Å²) < 4.78 is 19.8. The molecule has 1 aliphatic heterocycles. The molecular formula is C18H21FN4O2. The number of aryl methyl sites for hydroxylation is 2. The summed E-state index contributed by atoms with van der Waals surface area (Å²) in [5.74, 6) is 0.967. The van der Waals surface area contributed by atoms with E-state index in [-0.39, 0.29) is 6.09 Å². The van der Waals surface area contributed by atoms with Crippen molar-refractivity contribution in [3.8, 4) is 5.75 Å². The smallest absolute Gasteiger partial charge is 0.410 e. The number of para-hydroxylation sites is 1. The van der Waals surface area contributed by atoms with Crippen LogP contribution in [0.4, 0.5) is 15.0 Å². The maximum atomic E-state index is 14.4. The number of rotatable bonds is 2. The maximum absolute atomic E-state index is 14.4. The van der Waals surface area contributed by atoms with E-state index in [1.807, 2.05) is 23.1 Å². The van der Waals surface area contributed by atoms with Gasteiger partial charge in [-0.1, -0.05) is 18.2 Å². The van der Waals surface area contributed by atoms with Crippen molar-refractivity contribution >= 4 is 11.9 Å². The Bertz CT molecular complexity index is 754. The summed E-state index contributed by atoms with van der Waals surface area (Å²) in [6.07, 6.45) is 0.328. The largest absolute Gasteiger partial charge is 0.415 e. The fourth-order valence-electron chi connectivity index (χ4n) is 2.86. The first-order valence-corrected chi connectivity index (χ1v) is 8.32. The summed E-state index contributed by atoms with van der Waals surface area (Å²) in [7, 11) is 0. The zero-order valence-corrected chi connectivity index (χ0v) is 14.4. The Morgan fingerprint density at radius 2 is 1.84 bits per heavy atom. The third-order valence-electron chi connectivity index (χ3n) is 4.11. The Labute approximate surface area is 146 Å². The molecule has 1 aromatic heterocycles. The summed E-state index contributed by atoms with van der Waals surface area (Å²) in [5, 5.41) is 0. The van der Waals surface area contributed by atoms with Crippen LogP contribution in [0.5, 0.6) is 5.75 Å². The molecule has 0 aliphatic carbocycles. The number of ether oxygens (including phenoxy) is 1. The van der Waals surface area contributed by atoms with E-state index < -0.39 is 5.82 Å². The second kappa shape index (κ2) is 7.46. The zero-order chi connectivity index (χ0) is 17.8. The van der Waals surface area contributed by atoms with Crippen LogP contribution < -0.4 is 9.64 Å². The van der Waals surface area contributed by atoms with E-state index in [0.29, 0.717) is 55.7 Å². The third kappa shape index (κ3) is 4.04. The molecule has 0 unspecified atom stereocenters. The molecule has 0 spiro atoms. The van der Waals surface area contributed by atoms with Crippen molar-refractivity contribution in [1.82, 2.24) is 14.9 Å². The number of hydrogen-bond donors (Lipinski definition) is 0. The van der Waals surface area contributed by atoms with Crippen LogP contribution in [0.1, 0.15) is 17.9 Å². The minimum atomic E-state index is -0.397. The molecule has 2 aromatic rings. The van der Waals surface area contributed by atoms with Crippen molar-refractivity contribution in [2.75, 3.05) is 31.1 Å². The minimum Gasteiger partial charge on any atom is -0.410 e. The van der Waals surface area contributed by atoms with Crippen LogP contribution >= 0.6 is 0 Å². The highest BCUT2D eigenvalue weighted by molar-refractivity contribution is 5.70. The normalized spacial score (nSPS) is 15.0. The Hall–Kier alpha value is -2.70. The van der Waals surface area contributed by atoms with Crippen molar-refractivity contribution in [3.05, 3.63) is 47.7 Å². The van der Waals surface area contributed by atoms with Gasteiger partial charge in [-0.05, 0) is 32.4 Å². The molecule has 1 fully saturated rings. The molecule has 0 atom stereocenters. The predicted octanol–water partition coefficient (Wildman–Crippen LogP) is 2.94. The molecule has 1 aliphatic rings. The molecule has 25 heavy (non-hydrogen) atoms. The summed E-state index contributed by atoms with van der Waals surface area (Å²) in [6, 6.07) is 8.97. The summed E-state index contributed by atoms with van der Waals surface area (Å²) in [4.78, 5) is 24.1. The van der Waals surface area contributed by atoms with Crippen LogP contribution in [0, 0.1) is 19.7 Å². The van der Waals surface area contributed by atoms with Crippen molar-refractivity contribution in [3.63, 3.8) is 0 Å². The van der Waals surface area contributed by atoms with Gasteiger partial charge in [0.25, 0.3) is 0 Å². The molecule has 1 saturated heterocycles. The monoisotopic (exact) mass is 344 g/mol. The van der Waals surface area contributed by atoms with Crippen molar-refractivity contribution in [1.29, 1.82) is 0 Å². The van der Waals surface area contributed by atoms with Crippen molar-refractivity contribution in [2.45, 2.75) is 20.3 Å². The number of benzene rings is 1. The van der Waals surface area contributed by atoms with E-state index in [1.165, 1.54) is 0 Å². The molecule has 0 N–H and O–H groups in total. The van der Waals surface area contributed by atoms with Gasteiger partial charge in [-0.25, -0.2) is 19.2 Å². The highest BCUT2D eigenvalue weighted by Crippen LogP contribution is 2.21. The SMILES string of the molecule is Cc1nc(C)c(F)c(N2CCCN(C(=O)Oc3ccccc3)CC2)n1. The molecule has 0 radical (unpaired) electrons. The van der Waals surface area contributed by atoms with Crippen LogP contribution in [0.15, 0.2) is 30.3 Å². The van der Waals surface area contributed by atoms with E-state index in [2.05, 4.69) is 9.97 Å². The van der Waals surface area contributed by atoms with Gasteiger partial charge in [0.2, 0.25) is 0 Å². The number of anilines is 1. The minimum absolute atomic E-state index is 0.309. The van der Waals surface area contributed by atoms with E-state index in [1.54, 1.807) is 30.9 Å². The van der Waals surface area contributed by atoms with E-state index in [4.69, 9.17) is 4.74 Å². The number of nitrogens with zero attached hydrogens (tertiary/aromatic N) is 4. The van der Waals surface area contributed by atoms with Gasteiger partial charge in [-0.2, -0.15) is 0 Å². The number of hydrogen-bond acceptors (Lipinski definition) is 5. The van der Waals surface area contributed by atoms with Gasteiger partial charge in [-0.15, -0.1) is 0 Å². The molecule has 1 amide bonds. The molecule has 132 valence electrons. The van der Waals surface area contributed by atoms with E-state index >= 15 is 0 Å². The lowest BCUT2D eigenvalue weighted by Gasteiger charge is -2.23. The quantitative estimate of drug-likeness (QED) is 0.838. The predicted molar refractivity (Wildman–Crippen MR) is 92.3 cm³/mol. The molecule has 0 bridgehead atoms. The summed E-state index contributed by atoms with van der Waals surface area (Å²) >= 11 is 0. The fraction of sp³-hybridized carbons (Fsp3) is 0.389. The second-order valence-electron chi connectivity index (χ2n) is 6.00. The Morgan fingerprint density at radius 1 is 1.08 bits per heavy atom. The first kappa shape index (κ1) is 17.1. The first-order valence-electron chi connectivity index (χ1n) is 8.32. The van der Waals surface area contributed by atoms with Gasteiger partial charge >= 0.3 is 6.09 Å². The molecular weight excluding hydrogens is 323 g/mol. The number of halogens is 1. The number of carbonyl (C=O) groups is 1. The van der Waals surface area contributed by atoms with Gasteiger partial charge in [0.15, 0.2) is 11.6 Å². The molecule has 1 aromatic carbocycles. The maximum Gasteiger partial charge on any atom is 0.415 e. The standard InChI is InChI=1S/C18H21FN4O2/c1-13-16(19)17(21-14(2)20-13)22-9-6-10-23(12-11-22)18(24)25-15-7-4-3-5-8-15/h3-5,7-8H,6,9-12H2,1-2H3. The molecule has 7 heteroatoms. The Balaban J connectivity index is 1.67. The van der Waals surface area contributed by atoms with Gasteiger partial charge in [0.1, 0.15) is 11.6 Å². The average Bonchev–Trinajstić information content (AvgIpc) is 2.85. The van der Waals surface area contributed by atoms with Crippen LogP contribution in [0.2, 0.25) is 0 Å². The van der Waals surface area contributed by atoms with Crippen LogP contribution in [0.25, 0.3) is 0 Å². The lowest BCUT2D eigenvalue weighted by molar-refractivity contribution is 0.155. The first-order chi connectivity index (χ1) is 12.0. The topological polar surface area (TPSA) is 58.6 Å². The Morgan fingerprint density at radius 3 is 2.60 bits per heavy atom. The summed E-state index contributed by atoms with van der Waals surface area (Å²) in [5.41, 5.74) is 0.340. The Kier molecular flexibility index (Phi) is 5.11. The lowest BCUT2D eigenvalue weighted by Crippen LogP contribution is -2.37. The molecule has 6 nitrogen and oxygen atoms in total. The zero-order valence-electron chi connectivity index (χ0n) is 14.4. The van der Waals surface area contributed by atoms with Crippen LogP contribution in [-0.4, -0.2) is 47.1 Å². The number of aromatic nitrogens is 2. The van der Waals surface area contributed by atoms with E-state index in [0.717, 1.165) is 0 Å². The van der Waals surface area contributed by atoms with Gasteiger partial charge < -0.3 is 14.5 Å². The molecule has 2 heterocycles. The number of amides is 1. The van der Waals surface area contributed by atoms with Gasteiger partial charge in [-0.3, -0.25) is 0 Å². The van der Waals surface area contributed by atoms with Gasteiger partial charge in [0.05, 0.1) is 5.69 Å². The average molecular weight is 344 g/mol. The highest BCUT2D eigenvalue weighted by Gasteiger charge is 2.24.